The largest absolute Gasteiger partial charge is 0.493 e. The number of piperidine rings is 1. The van der Waals surface area contributed by atoms with Crippen molar-refractivity contribution < 1.29 is 23.4 Å². The maximum absolute atomic E-state index is 13.5. The number of aromatic nitrogens is 4. The van der Waals surface area contributed by atoms with E-state index < -0.39 is 16.1 Å². The van der Waals surface area contributed by atoms with E-state index in [1.54, 1.807) is 13.0 Å². The van der Waals surface area contributed by atoms with Gasteiger partial charge in [0, 0.05) is 26.1 Å². The first-order valence-corrected chi connectivity index (χ1v) is 14.2. The molecule has 1 atom stereocenters. The second-order valence-corrected chi connectivity index (χ2v) is 11.3. The summed E-state index contributed by atoms with van der Waals surface area (Å²) >= 11 is 0. The molecule has 11 nitrogen and oxygen atoms in total. The van der Waals surface area contributed by atoms with Gasteiger partial charge in [-0.2, -0.15) is 4.31 Å². The molecule has 3 heterocycles. The van der Waals surface area contributed by atoms with Crippen molar-refractivity contribution in [2.75, 3.05) is 26.3 Å². The summed E-state index contributed by atoms with van der Waals surface area (Å²) < 4.78 is 35.8. The Bertz CT molecular complexity index is 1410. The van der Waals surface area contributed by atoms with Crippen LogP contribution in [0.5, 0.6) is 5.75 Å². The van der Waals surface area contributed by atoms with Gasteiger partial charge in [0.15, 0.2) is 11.3 Å². The molecule has 0 saturated carbocycles. The quantitative estimate of drug-likeness (QED) is 0.358. The molecule has 0 aliphatic carbocycles. The number of H-pyrrole nitrogens is 1. The van der Waals surface area contributed by atoms with Crippen LogP contribution in [0.25, 0.3) is 16.9 Å². The first kappa shape index (κ1) is 27.2. The van der Waals surface area contributed by atoms with Gasteiger partial charge in [0.05, 0.1) is 28.9 Å². The number of aryl methyl sites for hydroxylation is 2. The Kier molecular flexibility index (Phi) is 8.32. The van der Waals surface area contributed by atoms with Crippen LogP contribution < -0.4 is 10.3 Å². The first-order valence-electron chi connectivity index (χ1n) is 12.8. The average molecular weight is 534 g/mol. The molecule has 0 radical (unpaired) electrons. The van der Waals surface area contributed by atoms with Crippen molar-refractivity contribution in [3.05, 3.63) is 40.1 Å². The van der Waals surface area contributed by atoms with Gasteiger partial charge >= 0.3 is 0 Å². The van der Waals surface area contributed by atoms with E-state index in [1.807, 2.05) is 13.8 Å². The molecule has 1 saturated heterocycles. The predicted molar refractivity (Wildman–Crippen MR) is 138 cm³/mol. The third-order valence-electron chi connectivity index (χ3n) is 6.83. The number of rotatable bonds is 10. The third kappa shape index (κ3) is 5.42. The fraction of sp³-hybridized carbons (Fsp3) is 0.560. The van der Waals surface area contributed by atoms with Crippen molar-refractivity contribution >= 4 is 15.5 Å². The summed E-state index contributed by atoms with van der Waals surface area (Å²) in [7, 11) is -3.84. The first-order chi connectivity index (χ1) is 17.7. The van der Waals surface area contributed by atoms with Crippen LogP contribution in [0.4, 0.5) is 0 Å². The molecule has 3 N–H and O–H groups in total. The number of sulfonamides is 1. The molecular formula is C25H35N5O6S. The Balaban J connectivity index is 1.72. The lowest BCUT2D eigenvalue weighted by molar-refractivity contribution is 0.0543. The number of aliphatic hydroxyl groups is 2. The van der Waals surface area contributed by atoms with Crippen LogP contribution in [0, 0.1) is 12.8 Å². The van der Waals surface area contributed by atoms with E-state index in [0.29, 0.717) is 54.2 Å². The minimum absolute atomic E-state index is 0.0496. The molecular weight excluding hydrogens is 498 g/mol. The Morgan fingerprint density at radius 1 is 1.24 bits per heavy atom. The number of ether oxygens (including phenoxy) is 1. The number of benzene rings is 1. The molecule has 4 rings (SSSR count). The van der Waals surface area contributed by atoms with E-state index in [-0.39, 0.29) is 48.3 Å². The standard InChI is InChI=1S/C25H35N5O6S/c1-4-6-22-26-16(3)23-25(33)27-24(28-30(22)23)19-15-18(7-8-21(19)36-5-2)37(34,35)29-12-9-17(10-13-29)20(32)11-14-31/h7-8,15,17,20,31-32H,4-6,9-14H2,1-3H3,(H,27,28,33)/t20-/m1/s1. The lowest BCUT2D eigenvalue weighted by Gasteiger charge is -2.33. The van der Waals surface area contributed by atoms with E-state index in [4.69, 9.17) is 9.84 Å². The Hall–Kier alpha value is -2.80. The van der Waals surface area contributed by atoms with Crippen molar-refractivity contribution in [3.8, 4) is 17.1 Å². The van der Waals surface area contributed by atoms with Crippen LogP contribution >= 0.6 is 0 Å². The molecule has 1 fully saturated rings. The molecule has 0 unspecified atom stereocenters. The normalized spacial score (nSPS) is 16.4. The number of aromatic amines is 1. The fourth-order valence-corrected chi connectivity index (χ4v) is 6.39. The highest BCUT2D eigenvalue weighted by Gasteiger charge is 2.32. The van der Waals surface area contributed by atoms with E-state index in [2.05, 4.69) is 15.1 Å². The van der Waals surface area contributed by atoms with E-state index in [1.165, 1.54) is 21.0 Å². The van der Waals surface area contributed by atoms with E-state index >= 15 is 0 Å². The van der Waals surface area contributed by atoms with Crippen LogP contribution in [-0.4, -0.2) is 74.9 Å². The molecule has 12 heteroatoms. The lowest BCUT2D eigenvalue weighted by atomic mass is 9.91. The molecule has 0 amide bonds. The molecule has 202 valence electrons. The van der Waals surface area contributed by atoms with Crippen LogP contribution in [0.1, 0.15) is 51.0 Å². The summed E-state index contributed by atoms with van der Waals surface area (Å²) in [6, 6.07) is 4.57. The fourth-order valence-electron chi connectivity index (χ4n) is 4.90. The van der Waals surface area contributed by atoms with Gasteiger partial charge < -0.3 is 19.9 Å². The summed E-state index contributed by atoms with van der Waals surface area (Å²) in [4.78, 5) is 20.3. The Morgan fingerprint density at radius 2 is 1.97 bits per heavy atom. The SMILES string of the molecule is CCCc1nc(C)c2c(=O)[nH]c(-c3cc(S(=O)(=O)N4CCC([C@H](O)CCO)CC4)ccc3OCC)nn12. The van der Waals surface area contributed by atoms with Crippen LogP contribution in [0.15, 0.2) is 27.9 Å². The van der Waals surface area contributed by atoms with Gasteiger partial charge in [0.25, 0.3) is 5.56 Å². The molecule has 1 aliphatic rings. The zero-order chi connectivity index (χ0) is 26.7. The summed E-state index contributed by atoms with van der Waals surface area (Å²) in [6.07, 6.45) is 2.13. The minimum Gasteiger partial charge on any atom is -0.493 e. The summed E-state index contributed by atoms with van der Waals surface area (Å²) in [5.41, 5.74) is 0.943. The van der Waals surface area contributed by atoms with Crippen LogP contribution in [0.3, 0.4) is 0 Å². The highest BCUT2D eigenvalue weighted by atomic mass is 32.2. The van der Waals surface area contributed by atoms with Crippen LogP contribution in [-0.2, 0) is 16.4 Å². The second kappa shape index (κ2) is 11.3. The zero-order valence-electron chi connectivity index (χ0n) is 21.5. The van der Waals surface area contributed by atoms with Gasteiger partial charge in [0.2, 0.25) is 10.0 Å². The summed E-state index contributed by atoms with van der Waals surface area (Å²) in [5, 5.41) is 23.9. The Morgan fingerprint density at radius 3 is 2.62 bits per heavy atom. The topological polar surface area (TPSA) is 150 Å². The van der Waals surface area contributed by atoms with Gasteiger partial charge in [-0.05, 0) is 63.6 Å². The Labute approximate surface area is 216 Å². The van der Waals surface area contributed by atoms with Gasteiger partial charge in [-0.3, -0.25) is 4.79 Å². The van der Waals surface area contributed by atoms with Gasteiger partial charge in [-0.1, -0.05) is 6.92 Å². The van der Waals surface area contributed by atoms with Crippen molar-refractivity contribution in [2.45, 2.75) is 63.9 Å². The summed E-state index contributed by atoms with van der Waals surface area (Å²) in [6.45, 7) is 6.39. The number of nitrogens with zero attached hydrogens (tertiary/aromatic N) is 4. The van der Waals surface area contributed by atoms with E-state index in [0.717, 1.165) is 6.42 Å². The molecule has 0 spiro atoms. The highest BCUT2D eigenvalue weighted by Crippen LogP contribution is 2.33. The second-order valence-electron chi connectivity index (χ2n) is 9.34. The number of fused-ring (bicyclic) bond motifs is 1. The predicted octanol–water partition coefficient (Wildman–Crippen LogP) is 1.89. The number of nitrogens with one attached hydrogen (secondary N) is 1. The monoisotopic (exact) mass is 533 g/mol. The maximum atomic E-state index is 13.5. The minimum atomic E-state index is -3.84. The van der Waals surface area contributed by atoms with E-state index in [9.17, 15) is 18.3 Å². The molecule has 3 aromatic rings. The molecule has 0 bridgehead atoms. The number of aliphatic hydroxyl groups excluding tert-OH is 2. The maximum Gasteiger partial charge on any atom is 0.277 e. The molecule has 37 heavy (non-hydrogen) atoms. The van der Waals surface area contributed by atoms with Crippen LogP contribution in [0.2, 0.25) is 0 Å². The zero-order valence-corrected chi connectivity index (χ0v) is 22.3. The van der Waals surface area contributed by atoms with Crippen molar-refractivity contribution in [3.63, 3.8) is 0 Å². The molecule has 1 aliphatic heterocycles. The van der Waals surface area contributed by atoms with Gasteiger partial charge in [-0.25, -0.2) is 17.9 Å². The van der Waals surface area contributed by atoms with Crippen molar-refractivity contribution in [1.82, 2.24) is 23.9 Å². The third-order valence-corrected chi connectivity index (χ3v) is 8.72. The highest BCUT2D eigenvalue weighted by molar-refractivity contribution is 7.89. The smallest absolute Gasteiger partial charge is 0.277 e. The van der Waals surface area contributed by atoms with Crippen molar-refractivity contribution in [2.24, 2.45) is 5.92 Å². The van der Waals surface area contributed by atoms with Gasteiger partial charge in [-0.15, -0.1) is 5.10 Å². The summed E-state index contributed by atoms with van der Waals surface area (Å²) in [5.74, 6) is 1.21. The molecule has 1 aromatic carbocycles. The van der Waals surface area contributed by atoms with Gasteiger partial charge in [0.1, 0.15) is 11.6 Å². The number of hydrogen-bond acceptors (Lipinski definition) is 8. The lowest BCUT2D eigenvalue weighted by Crippen LogP contribution is -2.41. The average Bonchev–Trinajstić information content (AvgIpc) is 3.20. The molecule has 2 aromatic heterocycles. The number of imidazole rings is 1. The van der Waals surface area contributed by atoms with Crippen molar-refractivity contribution in [1.29, 1.82) is 0 Å². The number of hydrogen-bond donors (Lipinski definition) is 3.